The van der Waals surface area contributed by atoms with Gasteiger partial charge in [-0.1, -0.05) is 0 Å². The number of aromatic nitrogens is 2. The summed E-state index contributed by atoms with van der Waals surface area (Å²) in [4.78, 5) is 2.23. The first-order chi connectivity index (χ1) is 3.84. The Kier molecular flexibility index (Phi) is 1.88. The Morgan fingerprint density at radius 1 is 1.75 bits per heavy atom. The van der Waals surface area contributed by atoms with E-state index < -0.39 is 0 Å². The topological polar surface area (TPSA) is 17.8 Å². The van der Waals surface area contributed by atoms with Gasteiger partial charge in [0.05, 0.1) is 0 Å². The molecule has 0 aliphatic carbocycles. The van der Waals surface area contributed by atoms with E-state index >= 15 is 0 Å². The second-order valence-electron chi connectivity index (χ2n) is 1.47. The van der Waals surface area contributed by atoms with Crippen molar-refractivity contribution in [2.75, 3.05) is 4.93 Å². The predicted molar refractivity (Wildman–Crippen MR) is 27.8 cm³/mol. The van der Waals surface area contributed by atoms with Gasteiger partial charge in [0.2, 0.25) is 0 Å². The molecule has 0 N–H and O–H groups in total. The molecule has 1 aromatic rings. The molecule has 1 aromatic heterocycles. The summed E-state index contributed by atoms with van der Waals surface area (Å²) in [6.07, 6.45) is 1.85. The number of halogens is 1. The van der Waals surface area contributed by atoms with Crippen molar-refractivity contribution in [1.82, 2.24) is 9.78 Å². The molecule has 0 fully saturated rings. The summed E-state index contributed by atoms with van der Waals surface area (Å²) < 4.78 is 3.33. The van der Waals surface area contributed by atoms with Crippen LogP contribution in [0.3, 0.4) is 0 Å². The SMILES string of the molecule is C[I-]c1ccnn1C. The van der Waals surface area contributed by atoms with Crippen LogP contribution in [0.2, 0.25) is 0 Å². The van der Waals surface area contributed by atoms with Gasteiger partial charge < -0.3 is 0 Å². The van der Waals surface area contributed by atoms with Gasteiger partial charge in [-0.2, -0.15) is 0 Å². The van der Waals surface area contributed by atoms with Crippen LogP contribution in [0.5, 0.6) is 0 Å². The number of nitrogens with zero attached hydrogens (tertiary/aromatic N) is 2. The summed E-state index contributed by atoms with van der Waals surface area (Å²) in [5.74, 6) is 0. The van der Waals surface area contributed by atoms with Crippen LogP contribution in [-0.2, 0) is 7.05 Å². The van der Waals surface area contributed by atoms with Crippen LogP contribution in [0.4, 0.5) is 0 Å². The van der Waals surface area contributed by atoms with Crippen LogP contribution in [0.15, 0.2) is 12.3 Å². The van der Waals surface area contributed by atoms with Crippen molar-refractivity contribution >= 4 is 0 Å². The average molecular weight is 223 g/mol. The Morgan fingerprint density at radius 3 is 2.75 bits per heavy atom. The summed E-state index contributed by atoms with van der Waals surface area (Å²) in [6.45, 7) is 0. The van der Waals surface area contributed by atoms with Gasteiger partial charge in [-0.3, -0.25) is 0 Å². The molecule has 0 saturated heterocycles. The molecule has 0 unspecified atom stereocenters. The van der Waals surface area contributed by atoms with Crippen molar-refractivity contribution in [2.45, 2.75) is 0 Å². The molecule has 1 rings (SSSR count). The molecule has 0 spiro atoms. The fraction of sp³-hybridized carbons (Fsp3) is 0.400. The second-order valence-corrected chi connectivity index (χ2v) is 3.65. The predicted octanol–water partition coefficient (Wildman–Crippen LogP) is -2.69. The van der Waals surface area contributed by atoms with E-state index in [4.69, 9.17) is 0 Å². The van der Waals surface area contributed by atoms with Gasteiger partial charge in [-0.05, 0) is 0 Å². The molecule has 1 heterocycles. The molecule has 0 aliphatic heterocycles. The van der Waals surface area contributed by atoms with Crippen LogP contribution in [0.1, 0.15) is 0 Å². The summed E-state index contributed by atoms with van der Waals surface area (Å²) in [7, 11) is 1.98. The van der Waals surface area contributed by atoms with Crippen molar-refractivity contribution < 1.29 is 21.2 Å². The molecule has 0 saturated carbocycles. The first-order valence-corrected chi connectivity index (χ1v) is 5.55. The maximum absolute atomic E-state index is 4.03. The zero-order chi connectivity index (χ0) is 5.98. The van der Waals surface area contributed by atoms with Crippen molar-refractivity contribution in [3.05, 3.63) is 16.0 Å². The molecule has 0 bridgehead atoms. The Hall–Kier alpha value is -0.0600. The van der Waals surface area contributed by atoms with E-state index in [1.165, 1.54) is 3.70 Å². The molecule has 0 aromatic carbocycles. The molecule has 8 heavy (non-hydrogen) atoms. The monoisotopic (exact) mass is 223 g/mol. The summed E-state index contributed by atoms with van der Waals surface area (Å²) in [6, 6.07) is 2.08. The average Bonchev–Trinajstić information content (AvgIpc) is 2.14. The minimum atomic E-state index is 0.226. The van der Waals surface area contributed by atoms with E-state index in [0.29, 0.717) is 0 Å². The van der Waals surface area contributed by atoms with Gasteiger partial charge in [0.25, 0.3) is 0 Å². The number of alkyl halides is 1. The quantitative estimate of drug-likeness (QED) is 0.374. The van der Waals surface area contributed by atoms with Gasteiger partial charge in [0, 0.05) is 0 Å². The van der Waals surface area contributed by atoms with E-state index in [2.05, 4.69) is 16.1 Å². The Balaban J connectivity index is 2.92. The van der Waals surface area contributed by atoms with Crippen molar-refractivity contribution in [3.8, 4) is 0 Å². The number of hydrogen-bond donors (Lipinski definition) is 0. The molecule has 0 radical (unpaired) electrons. The maximum atomic E-state index is 4.03. The third kappa shape index (κ3) is 1.02. The molecule has 0 aliphatic rings. The second kappa shape index (κ2) is 2.48. The molecule has 0 amide bonds. The van der Waals surface area contributed by atoms with Crippen molar-refractivity contribution in [3.63, 3.8) is 0 Å². The molecular weight excluding hydrogens is 215 g/mol. The Morgan fingerprint density at radius 2 is 2.50 bits per heavy atom. The van der Waals surface area contributed by atoms with E-state index in [1.54, 1.807) is 0 Å². The normalized spacial score (nSPS) is 10.2. The number of aryl methyl sites for hydroxylation is 1. The van der Waals surface area contributed by atoms with Gasteiger partial charge in [0.1, 0.15) is 0 Å². The van der Waals surface area contributed by atoms with Crippen LogP contribution >= 0.6 is 0 Å². The fourth-order valence-corrected chi connectivity index (χ4v) is 1.89. The third-order valence-electron chi connectivity index (χ3n) is 0.955. The summed E-state index contributed by atoms with van der Waals surface area (Å²) >= 11 is 0.226. The molecule has 46 valence electrons. The fourth-order valence-electron chi connectivity index (χ4n) is 0.543. The van der Waals surface area contributed by atoms with E-state index in [1.807, 2.05) is 17.9 Å². The zero-order valence-electron chi connectivity index (χ0n) is 4.93. The zero-order valence-corrected chi connectivity index (χ0v) is 7.08. The Labute approximate surface area is 59.2 Å². The summed E-state index contributed by atoms with van der Waals surface area (Å²) in [5.41, 5.74) is 0. The first kappa shape index (κ1) is 6.07. The van der Waals surface area contributed by atoms with E-state index in [-0.39, 0.29) is 21.2 Å². The van der Waals surface area contributed by atoms with Gasteiger partial charge in [0.15, 0.2) is 0 Å². The van der Waals surface area contributed by atoms with Crippen molar-refractivity contribution in [1.29, 1.82) is 0 Å². The van der Waals surface area contributed by atoms with Crippen LogP contribution in [0, 0.1) is 3.70 Å². The molecular formula is C5H8IN2-. The third-order valence-corrected chi connectivity index (χ3v) is 3.12. The molecule has 2 nitrogen and oxygen atoms in total. The molecule has 0 atom stereocenters. The number of hydrogen-bond acceptors (Lipinski definition) is 1. The van der Waals surface area contributed by atoms with E-state index in [9.17, 15) is 0 Å². The van der Waals surface area contributed by atoms with Crippen molar-refractivity contribution in [2.24, 2.45) is 7.05 Å². The van der Waals surface area contributed by atoms with Gasteiger partial charge >= 0.3 is 58.9 Å². The van der Waals surface area contributed by atoms with Crippen LogP contribution in [0.25, 0.3) is 0 Å². The minimum absolute atomic E-state index is 0.226. The van der Waals surface area contributed by atoms with Crippen LogP contribution in [-0.4, -0.2) is 14.7 Å². The Bertz CT molecular complexity index is 171. The molecule has 3 heteroatoms. The van der Waals surface area contributed by atoms with Gasteiger partial charge in [-0.25, -0.2) is 0 Å². The number of rotatable bonds is 1. The van der Waals surface area contributed by atoms with Gasteiger partial charge in [-0.15, -0.1) is 0 Å². The van der Waals surface area contributed by atoms with E-state index in [0.717, 1.165) is 0 Å². The first-order valence-electron chi connectivity index (χ1n) is 2.32. The van der Waals surface area contributed by atoms with Crippen LogP contribution < -0.4 is 21.2 Å². The summed E-state index contributed by atoms with van der Waals surface area (Å²) in [5, 5.41) is 4.03. The standard InChI is InChI=1S/C5H8IN2/c1-6-5-3-4-7-8(5)2/h3-4H,1-2H3/q-1.